The molecule has 0 fully saturated rings. The fraction of sp³-hybridized carbons (Fsp3) is 0.316. The number of aryl methyl sites for hydroxylation is 1. The molecule has 3 rings (SSSR count). The van der Waals surface area contributed by atoms with Crippen LogP contribution in [0.15, 0.2) is 36.4 Å². The van der Waals surface area contributed by atoms with Crippen molar-refractivity contribution in [3.63, 3.8) is 0 Å². The van der Waals surface area contributed by atoms with Crippen molar-refractivity contribution in [2.75, 3.05) is 12.0 Å². The quantitative estimate of drug-likeness (QED) is 0.811. The first kappa shape index (κ1) is 16.8. The number of amides is 1. The maximum absolute atomic E-state index is 13.5. The maximum atomic E-state index is 13.5. The summed E-state index contributed by atoms with van der Waals surface area (Å²) in [5, 5.41) is 0.531. The van der Waals surface area contributed by atoms with Crippen LogP contribution in [0, 0.1) is 11.7 Å². The Kier molecular flexibility index (Phi) is 4.76. The Balaban J connectivity index is 2.06. The number of rotatable bonds is 3. The van der Waals surface area contributed by atoms with Crippen molar-refractivity contribution < 1.29 is 13.9 Å². The average Bonchev–Trinajstić information content (AvgIpc) is 2.66. The number of hydrogen-bond acceptors (Lipinski definition) is 2. The molecule has 1 amide bonds. The lowest BCUT2D eigenvalue weighted by Crippen LogP contribution is -2.33. The summed E-state index contributed by atoms with van der Waals surface area (Å²) in [6, 6.07) is 9.98. The summed E-state index contributed by atoms with van der Waals surface area (Å²) in [6.45, 7) is 2.24. The Bertz CT molecular complexity index is 778. The number of carbonyl (C=O) groups excluding carboxylic acids is 1. The number of nitrogens with zero attached hydrogens (tertiary/aromatic N) is 1. The molecule has 1 heterocycles. The number of benzene rings is 2. The minimum absolute atomic E-state index is 0.0300. The zero-order valence-electron chi connectivity index (χ0n) is 13.7. The van der Waals surface area contributed by atoms with Gasteiger partial charge in [0.15, 0.2) is 0 Å². The number of ether oxygens (including phenoxy) is 1. The molecule has 2 aromatic carbocycles. The second kappa shape index (κ2) is 6.81. The third kappa shape index (κ3) is 3.24. The summed E-state index contributed by atoms with van der Waals surface area (Å²) in [7, 11) is 1.55. The molecule has 5 heteroatoms. The first-order valence-electron chi connectivity index (χ1n) is 7.92. The summed E-state index contributed by atoms with van der Waals surface area (Å²) < 4.78 is 18.8. The monoisotopic (exact) mass is 347 g/mol. The van der Waals surface area contributed by atoms with Gasteiger partial charge < -0.3 is 9.64 Å². The van der Waals surface area contributed by atoms with E-state index in [0.717, 1.165) is 29.7 Å². The molecule has 0 radical (unpaired) electrons. The molecule has 0 N–H and O–H groups in total. The third-order valence-corrected chi connectivity index (χ3v) is 4.70. The summed E-state index contributed by atoms with van der Waals surface area (Å²) in [6.07, 6.45) is 1.53. The van der Waals surface area contributed by atoms with Crippen LogP contribution in [0.3, 0.4) is 0 Å². The van der Waals surface area contributed by atoms with Gasteiger partial charge >= 0.3 is 0 Å². The lowest BCUT2D eigenvalue weighted by molar-refractivity contribution is -0.122. The molecule has 2 aromatic rings. The third-order valence-electron chi connectivity index (χ3n) is 4.41. The Hall–Kier alpha value is -2.07. The van der Waals surface area contributed by atoms with Crippen LogP contribution >= 0.6 is 11.6 Å². The first-order chi connectivity index (χ1) is 11.5. The smallest absolute Gasteiger partial charge is 0.230 e. The lowest BCUT2D eigenvalue weighted by atomic mass is 10.0. The summed E-state index contributed by atoms with van der Waals surface area (Å²) in [5.41, 5.74) is 2.54. The van der Waals surface area contributed by atoms with E-state index in [0.29, 0.717) is 17.3 Å². The molecule has 24 heavy (non-hydrogen) atoms. The topological polar surface area (TPSA) is 29.5 Å². The fourth-order valence-corrected chi connectivity index (χ4v) is 3.32. The molecule has 0 bridgehead atoms. The minimum atomic E-state index is -0.309. The number of fused-ring (bicyclic) bond motifs is 1. The highest BCUT2D eigenvalue weighted by Gasteiger charge is 2.28. The van der Waals surface area contributed by atoms with Crippen LogP contribution in [0.4, 0.5) is 10.1 Å². The molecule has 1 atom stereocenters. The van der Waals surface area contributed by atoms with Gasteiger partial charge in [0.1, 0.15) is 11.6 Å². The van der Waals surface area contributed by atoms with Gasteiger partial charge in [-0.2, -0.15) is 0 Å². The highest BCUT2D eigenvalue weighted by Crippen LogP contribution is 2.37. The second-order valence-electron chi connectivity index (χ2n) is 6.11. The lowest BCUT2D eigenvalue weighted by Gasteiger charge is -2.25. The van der Waals surface area contributed by atoms with E-state index in [1.807, 2.05) is 19.1 Å². The molecule has 0 aliphatic carbocycles. The maximum Gasteiger partial charge on any atom is 0.230 e. The van der Waals surface area contributed by atoms with E-state index in [1.165, 1.54) is 12.1 Å². The van der Waals surface area contributed by atoms with Gasteiger partial charge in [0, 0.05) is 12.0 Å². The first-order valence-corrected chi connectivity index (χ1v) is 8.29. The number of hydrogen-bond donors (Lipinski definition) is 0. The molecular weight excluding hydrogens is 329 g/mol. The largest absolute Gasteiger partial charge is 0.495 e. The van der Waals surface area contributed by atoms with E-state index in [1.54, 1.807) is 24.1 Å². The fourth-order valence-electron chi connectivity index (χ4n) is 3.05. The predicted octanol–water partition coefficient (Wildman–Crippen LogP) is 4.60. The zero-order valence-corrected chi connectivity index (χ0v) is 14.4. The van der Waals surface area contributed by atoms with Crippen molar-refractivity contribution in [1.29, 1.82) is 0 Å². The van der Waals surface area contributed by atoms with Gasteiger partial charge in [0.2, 0.25) is 5.91 Å². The SMILES string of the molecule is COc1cc2c(cc1Cl)CCC(C)C(=O)N2Cc1cccc(F)c1. The van der Waals surface area contributed by atoms with Crippen LogP contribution in [0.2, 0.25) is 5.02 Å². The van der Waals surface area contributed by atoms with E-state index < -0.39 is 0 Å². The number of anilines is 1. The number of halogens is 2. The molecule has 0 aromatic heterocycles. The summed E-state index contributed by atoms with van der Waals surface area (Å²) in [5.74, 6) is 0.150. The average molecular weight is 348 g/mol. The minimum Gasteiger partial charge on any atom is -0.495 e. The molecule has 0 spiro atoms. The van der Waals surface area contributed by atoms with Crippen LogP contribution in [0.1, 0.15) is 24.5 Å². The van der Waals surface area contributed by atoms with Crippen LogP contribution < -0.4 is 9.64 Å². The molecule has 126 valence electrons. The zero-order chi connectivity index (χ0) is 17.3. The van der Waals surface area contributed by atoms with E-state index in [9.17, 15) is 9.18 Å². The van der Waals surface area contributed by atoms with Crippen LogP contribution in [-0.2, 0) is 17.8 Å². The van der Waals surface area contributed by atoms with E-state index >= 15 is 0 Å². The molecular formula is C19H19ClFNO2. The van der Waals surface area contributed by atoms with Gasteiger partial charge in [-0.15, -0.1) is 0 Å². The van der Waals surface area contributed by atoms with Crippen molar-refractivity contribution in [1.82, 2.24) is 0 Å². The van der Waals surface area contributed by atoms with Crippen LogP contribution in [0.25, 0.3) is 0 Å². The van der Waals surface area contributed by atoms with Crippen molar-refractivity contribution >= 4 is 23.2 Å². The molecule has 1 aliphatic rings. The van der Waals surface area contributed by atoms with Crippen molar-refractivity contribution in [3.05, 3.63) is 58.4 Å². The van der Waals surface area contributed by atoms with Crippen molar-refractivity contribution in [2.24, 2.45) is 5.92 Å². The highest BCUT2D eigenvalue weighted by atomic mass is 35.5. The molecule has 1 aliphatic heterocycles. The molecule has 3 nitrogen and oxygen atoms in total. The summed E-state index contributed by atoms with van der Waals surface area (Å²) in [4.78, 5) is 14.5. The molecule has 0 saturated carbocycles. The van der Waals surface area contributed by atoms with E-state index in [4.69, 9.17) is 16.3 Å². The Morgan fingerprint density at radius 1 is 1.33 bits per heavy atom. The number of methoxy groups -OCH3 is 1. The van der Waals surface area contributed by atoms with Gasteiger partial charge in [0.05, 0.1) is 24.4 Å². The Morgan fingerprint density at radius 3 is 2.83 bits per heavy atom. The second-order valence-corrected chi connectivity index (χ2v) is 6.52. The van der Waals surface area contributed by atoms with E-state index in [2.05, 4.69) is 0 Å². The Morgan fingerprint density at radius 2 is 2.12 bits per heavy atom. The van der Waals surface area contributed by atoms with Crippen molar-refractivity contribution in [3.8, 4) is 5.75 Å². The normalized spacial score (nSPS) is 17.4. The predicted molar refractivity (Wildman–Crippen MR) is 93.1 cm³/mol. The molecule has 1 unspecified atom stereocenters. The van der Waals surface area contributed by atoms with Gasteiger partial charge in [-0.3, -0.25) is 4.79 Å². The van der Waals surface area contributed by atoms with Crippen molar-refractivity contribution in [2.45, 2.75) is 26.3 Å². The van der Waals surface area contributed by atoms with Gasteiger partial charge in [0.25, 0.3) is 0 Å². The van der Waals surface area contributed by atoms with Crippen LogP contribution in [-0.4, -0.2) is 13.0 Å². The standard InChI is InChI=1S/C19H19ClFNO2/c1-12-6-7-14-9-16(20)18(24-2)10-17(14)22(19(12)23)11-13-4-3-5-15(21)8-13/h3-5,8-10,12H,6-7,11H2,1-2H3. The van der Waals surface area contributed by atoms with E-state index in [-0.39, 0.29) is 17.6 Å². The molecule has 0 saturated heterocycles. The van der Waals surface area contributed by atoms with Gasteiger partial charge in [-0.1, -0.05) is 30.7 Å². The highest BCUT2D eigenvalue weighted by molar-refractivity contribution is 6.32. The summed E-state index contributed by atoms with van der Waals surface area (Å²) >= 11 is 6.24. The van der Waals surface area contributed by atoms with Crippen LogP contribution in [0.5, 0.6) is 5.75 Å². The van der Waals surface area contributed by atoms with Gasteiger partial charge in [-0.25, -0.2) is 4.39 Å². The van der Waals surface area contributed by atoms with Gasteiger partial charge in [-0.05, 0) is 42.2 Å². The Labute approximate surface area is 146 Å². The number of carbonyl (C=O) groups is 1.